The van der Waals surface area contributed by atoms with E-state index in [0.29, 0.717) is 6.42 Å². The van der Waals surface area contributed by atoms with E-state index in [9.17, 15) is 4.79 Å². The van der Waals surface area contributed by atoms with E-state index in [4.69, 9.17) is 0 Å². The highest BCUT2D eigenvalue weighted by atomic mass is 16.1. The lowest BCUT2D eigenvalue weighted by Gasteiger charge is -2.27. The second-order valence-electron chi connectivity index (χ2n) is 4.47. The number of carbonyl (C=O) groups excluding carboxylic acids is 1. The summed E-state index contributed by atoms with van der Waals surface area (Å²) < 4.78 is 0. The van der Waals surface area contributed by atoms with Crippen molar-refractivity contribution in [3.63, 3.8) is 0 Å². The molecule has 0 fully saturated rings. The van der Waals surface area contributed by atoms with Crippen molar-refractivity contribution in [1.82, 2.24) is 0 Å². The van der Waals surface area contributed by atoms with Crippen molar-refractivity contribution in [3.05, 3.63) is 60.2 Å². The SMILES string of the molecule is C=CCC1(c2ccccc2)CC(C)=CC1=O. The van der Waals surface area contributed by atoms with E-state index in [1.807, 2.05) is 43.3 Å². The lowest BCUT2D eigenvalue weighted by atomic mass is 9.74. The zero-order chi connectivity index (χ0) is 11.6. The number of rotatable bonds is 3. The van der Waals surface area contributed by atoms with E-state index in [0.717, 1.165) is 17.6 Å². The van der Waals surface area contributed by atoms with Gasteiger partial charge in [0.15, 0.2) is 5.78 Å². The summed E-state index contributed by atoms with van der Waals surface area (Å²) in [7, 11) is 0. The number of benzene rings is 1. The van der Waals surface area contributed by atoms with E-state index < -0.39 is 0 Å². The average Bonchev–Trinajstić information content (AvgIpc) is 2.57. The summed E-state index contributed by atoms with van der Waals surface area (Å²) in [6, 6.07) is 10.0. The van der Waals surface area contributed by atoms with Crippen LogP contribution in [-0.4, -0.2) is 5.78 Å². The fourth-order valence-corrected chi connectivity index (χ4v) is 2.51. The van der Waals surface area contributed by atoms with E-state index >= 15 is 0 Å². The molecule has 0 saturated heterocycles. The number of hydrogen-bond acceptors (Lipinski definition) is 1. The Morgan fingerprint density at radius 1 is 1.38 bits per heavy atom. The maximum absolute atomic E-state index is 12.2. The Labute approximate surface area is 96.5 Å². The first-order valence-electron chi connectivity index (χ1n) is 5.57. The smallest absolute Gasteiger partial charge is 0.166 e. The molecule has 0 heterocycles. The maximum atomic E-state index is 12.2. The van der Waals surface area contributed by atoms with Gasteiger partial charge in [0.2, 0.25) is 0 Å². The van der Waals surface area contributed by atoms with Gasteiger partial charge in [0.1, 0.15) is 0 Å². The van der Waals surface area contributed by atoms with Crippen LogP contribution in [0.5, 0.6) is 0 Å². The third kappa shape index (κ3) is 1.63. The zero-order valence-electron chi connectivity index (χ0n) is 9.57. The molecule has 1 heteroatoms. The highest BCUT2D eigenvalue weighted by Gasteiger charge is 2.41. The van der Waals surface area contributed by atoms with Crippen molar-refractivity contribution in [2.45, 2.75) is 25.2 Å². The zero-order valence-corrected chi connectivity index (χ0v) is 9.57. The van der Waals surface area contributed by atoms with E-state index in [2.05, 4.69) is 6.58 Å². The second-order valence-corrected chi connectivity index (χ2v) is 4.47. The summed E-state index contributed by atoms with van der Waals surface area (Å²) >= 11 is 0. The van der Waals surface area contributed by atoms with Crippen LogP contribution >= 0.6 is 0 Å². The van der Waals surface area contributed by atoms with E-state index in [1.54, 1.807) is 6.08 Å². The highest BCUT2D eigenvalue weighted by molar-refractivity contribution is 6.02. The van der Waals surface area contributed by atoms with Gasteiger partial charge < -0.3 is 0 Å². The van der Waals surface area contributed by atoms with Crippen LogP contribution in [0, 0.1) is 0 Å². The summed E-state index contributed by atoms with van der Waals surface area (Å²) in [6.45, 7) is 5.80. The van der Waals surface area contributed by atoms with Gasteiger partial charge in [0.25, 0.3) is 0 Å². The van der Waals surface area contributed by atoms with E-state index in [1.165, 1.54) is 0 Å². The van der Waals surface area contributed by atoms with Gasteiger partial charge in [-0.2, -0.15) is 0 Å². The fraction of sp³-hybridized carbons (Fsp3) is 0.267. The number of hydrogen-bond donors (Lipinski definition) is 0. The molecule has 0 radical (unpaired) electrons. The van der Waals surface area contributed by atoms with Crippen molar-refractivity contribution in [2.24, 2.45) is 0 Å². The van der Waals surface area contributed by atoms with Crippen LogP contribution in [0.3, 0.4) is 0 Å². The first-order valence-corrected chi connectivity index (χ1v) is 5.57. The molecule has 1 aromatic rings. The molecular weight excluding hydrogens is 196 g/mol. The van der Waals surface area contributed by atoms with Crippen molar-refractivity contribution in [3.8, 4) is 0 Å². The molecule has 1 aromatic carbocycles. The molecular formula is C15H16O. The molecule has 1 nitrogen and oxygen atoms in total. The molecule has 16 heavy (non-hydrogen) atoms. The molecule has 1 aliphatic rings. The Kier molecular flexibility index (Phi) is 2.78. The molecule has 0 saturated carbocycles. The largest absolute Gasteiger partial charge is 0.294 e. The molecule has 0 bridgehead atoms. The van der Waals surface area contributed by atoms with Gasteiger partial charge in [-0.3, -0.25) is 4.79 Å². The highest BCUT2D eigenvalue weighted by Crippen LogP contribution is 2.40. The first-order chi connectivity index (χ1) is 7.69. The van der Waals surface area contributed by atoms with Gasteiger partial charge in [0.05, 0.1) is 5.41 Å². The molecule has 1 unspecified atom stereocenters. The Morgan fingerprint density at radius 2 is 2.06 bits per heavy atom. The summed E-state index contributed by atoms with van der Waals surface area (Å²) in [5.41, 5.74) is 1.89. The minimum Gasteiger partial charge on any atom is -0.294 e. The predicted molar refractivity (Wildman–Crippen MR) is 66.3 cm³/mol. The number of carbonyl (C=O) groups is 1. The topological polar surface area (TPSA) is 17.1 Å². The van der Waals surface area contributed by atoms with Crippen molar-refractivity contribution >= 4 is 5.78 Å². The lowest BCUT2D eigenvalue weighted by Crippen LogP contribution is -2.30. The predicted octanol–water partition coefficient (Wildman–Crippen LogP) is 3.42. The minimum atomic E-state index is -0.382. The molecule has 0 aliphatic heterocycles. The van der Waals surface area contributed by atoms with Crippen molar-refractivity contribution in [1.29, 1.82) is 0 Å². The lowest BCUT2D eigenvalue weighted by molar-refractivity contribution is -0.118. The Balaban J connectivity index is 2.46. The van der Waals surface area contributed by atoms with Gasteiger partial charge in [-0.15, -0.1) is 6.58 Å². The van der Waals surface area contributed by atoms with Crippen LogP contribution in [0.15, 0.2) is 54.6 Å². The van der Waals surface area contributed by atoms with Gasteiger partial charge in [0, 0.05) is 0 Å². The standard InChI is InChI=1S/C15H16O/c1-3-9-15(11-12(2)10-14(15)16)13-7-5-4-6-8-13/h3-8,10H,1,9,11H2,2H3. The summed E-state index contributed by atoms with van der Waals surface area (Å²) in [6.07, 6.45) is 5.15. The molecule has 1 atom stereocenters. The van der Waals surface area contributed by atoms with Gasteiger partial charge in [-0.1, -0.05) is 42.0 Å². The molecule has 0 N–H and O–H groups in total. The normalized spacial score (nSPS) is 24.3. The Hall–Kier alpha value is -1.63. The number of allylic oxidation sites excluding steroid dienone is 3. The monoisotopic (exact) mass is 212 g/mol. The minimum absolute atomic E-state index is 0.219. The van der Waals surface area contributed by atoms with Gasteiger partial charge >= 0.3 is 0 Å². The maximum Gasteiger partial charge on any atom is 0.166 e. The summed E-state index contributed by atoms with van der Waals surface area (Å²) in [5.74, 6) is 0.219. The van der Waals surface area contributed by atoms with Crippen molar-refractivity contribution in [2.75, 3.05) is 0 Å². The Morgan fingerprint density at radius 3 is 2.56 bits per heavy atom. The molecule has 0 spiro atoms. The van der Waals surface area contributed by atoms with Crippen LogP contribution in [0.4, 0.5) is 0 Å². The molecule has 1 aliphatic carbocycles. The van der Waals surface area contributed by atoms with E-state index in [-0.39, 0.29) is 11.2 Å². The third-order valence-electron chi connectivity index (χ3n) is 3.25. The summed E-state index contributed by atoms with van der Waals surface area (Å²) in [5, 5.41) is 0. The molecule has 82 valence electrons. The van der Waals surface area contributed by atoms with Crippen LogP contribution in [0.25, 0.3) is 0 Å². The van der Waals surface area contributed by atoms with Crippen molar-refractivity contribution < 1.29 is 4.79 Å². The average molecular weight is 212 g/mol. The summed E-state index contributed by atoms with van der Waals surface area (Å²) in [4.78, 5) is 12.2. The van der Waals surface area contributed by atoms with Crippen LogP contribution in [0.2, 0.25) is 0 Å². The number of ketones is 1. The van der Waals surface area contributed by atoms with Crippen LogP contribution < -0.4 is 0 Å². The fourth-order valence-electron chi connectivity index (χ4n) is 2.51. The van der Waals surface area contributed by atoms with Crippen LogP contribution in [-0.2, 0) is 10.2 Å². The first kappa shape index (κ1) is 10.9. The Bertz CT molecular complexity index is 442. The van der Waals surface area contributed by atoms with Crippen LogP contribution in [0.1, 0.15) is 25.3 Å². The third-order valence-corrected chi connectivity index (χ3v) is 3.25. The van der Waals surface area contributed by atoms with Gasteiger partial charge in [-0.05, 0) is 31.4 Å². The quantitative estimate of drug-likeness (QED) is 0.702. The molecule has 2 rings (SSSR count). The molecule has 0 aromatic heterocycles. The second kappa shape index (κ2) is 4.09. The molecule has 0 amide bonds. The van der Waals surface area contributed by atoms with Gasteiger partial charge in [-0.25, -0.2) is 0 Å².